The van der Waals surface area contributed by atoms with Crippen molar-refractivity contribution in [3.8, 4) is 0 Å². The molecule has 0 bridgehead atoms. The van der Waals surface area contributed by atoms with Crippen molar-refractivity contribution in [3.05, 3.63) is 27.5 Å². The van der Waals surface area contributed by atoms with Gasteiger partial charge in [0.15, 0.2) is 5.69 Å². The topological polar surface area (TPSA) is 84.1 Å². The second kappa shape index (κ2) is 6.60. The lowest BCUT2D eigenvalue weighted by Crippen LogP contribution is -2.36. The summed E-state index contributed by atoms with van der Waals surface area (Å²) < 4.78 is 1.71. The standard InChI is InChI=1S/C16H21N5O2S/c22-16(23)13-9-21(19-18-13)11-4-3-7-20(8-11)10-15-17-12-5-1-2-6-14(12)24-15/h9,11H,1-8,10H2,(H,22,23). The number of carboxylic acid groups (broad SMARTS) is 1. The van der Waals surface area contributed by atoms with Gasteiger partial charge in [0.1, 0.15) is 5.01 Å². The first-order valence-corrected chi connectivity index (χ1v) is 9.35. The minimum absolute atomic E-state index is 0.0136. The molecule has 1 saturated heterocycles. The number of rotatable bonds is 4. The van der Waals surface area contributed by atoms with E-state index in [4.69, 9.17) is 10.1 Å². The maximum absolute atomic E-state index is 11.0. The van der Waals surface area contributed by atoms with Crippen molar-refractivity contribution in [1.29, 1.82) is 0 Å². The van der Waals surface area contributed by atoms with Crippen LogP contribution in [0.4, 0.5) is 0 Å². The van der Waals surface area contributed by atoms with Crippen LogP contribution < -0.4 is 0 Å². The third-order valence-electron chi connectivity index (χ3n) is 4.83. The number of aromatic carboxylic acids is 1. The van der Waals surface area contributed by atoms with E-state index in [9.17, 15) is 4.79 Å². The number of carbonyl (C=O) groups is 1. The van der Waals surface area contributed by atoms with Gasteiger partial charge in [-0.05, 0) is 45.1 Å². The lowest BCUT2D eigenvalue weighted by atomic mass is 10.0. The number of fused-ring (bicyclic) bond motifs is 1. The molecular formula is C16H21N5O2S. The van der Waals surface area contributed by atoms with E-state index >= 15 is 0 Å². The summed E-state index contributed by atoms with van der Waals surface area (Å²) in [6, 6.07) is 0.189. The maximum Gasteiger partial charge on any atom is 0.358 e. The minimum atomic E-state index is -1.03. The Bertz CT molecular complexity index is 717. The second-order valence-electron chi connectivity index (χ2n) is 6.60. The molecule has 2 aliphatic rings. The summed E-state index contributed by atoms with van der Waals surface area (Å²) in [4.78, 5) is 19.7. The van der Waals surface area contributed by atoms with E-state index in [1.54, 1.807) is 10.9 Å². The Morgan fingerprint density at radius 3 is 3.00 bits per heavy atom. The van der Waals surface area contributed by atoms with E-state index in [-0.39, 0.29) is 11.7 Å². The van der Waals surface area contributed by atoms with Crippen molar-refractivity contribution in [2.75, 3.05) is 13.1 Å². The van der Waals surface area contributed by atoms with Gasteiger partial charge in [-0.1, -0.05) is 5.21 Å². The van der Waals surface area contributed by atoms with Crippen LogP contribution in [-0.4, -0.2) is 49.0 Å². The predicted molar refractivity (Wildman–Crippen MR) is 89.3 cm³/mol. The molecule has 2 aromatic rings. The molecule has 4 rings (SSSR count). The van der Waals surface area contributed by atoms with Gasteiger partial charge in [0.05, 0.1) is 24.5 Å². The molecule has 1 fully saturated rings. The second-order valence-corrected chi connectivity index (χ2v) is 7.77. The molecule has 0 radical (unpaired) electrons. The molecule has 2 aromatic heterocycles. The van der Waals surface area contributed by atoms with Gasteiger partial charge in [-0.2, -0.15) is 0 Å². The Balaban J connectivity index is 1.42. The first-order chi connectivity index (χ1) is 11.7. The van der Waals surface area contributed by atoms with Crippen LogP contribution >= 0.6 is 11.3 Å². The normalized spacial score (nSPS) is 21.6. The fourth-order valence-electron chi connectivity index (χ4n) is 3.61. The summed E-state index contributed by atoms with van der Waals surface area (Å²) in [5.74, 6) is -1.03. The molecule has 0 amide bonds. The van der Waals surface area contributed by atoms with Crippen molar-refractivity contribution in [2.24, 2.45) is 0 Å². The molecule has 1 aliphatic heterocycles. The third-order valence-corrected chi connectivity index (χ3v) is 5.98. The summed E-state index contributed by atoms with van der Waals surface area (Å²) >= 11 is 1.87. The Labute approximate surface area is 144 Å². The monoisotopic (exact) mass is 347 g/mol. The minimum Gasteiger partial charge on any atom is -0.476 e. The highest BCUT2D eigenvalue weighted by Crippen LogP contribution is 2.29. The van der Waals surface area contributed by atoms with Crippen LogP contribution in [0.5, 0.6) is 0 Å². The van der Waals surface area contributed by atoms with Gasteiger partial charge in [0.25, 0.3) is 0 Å². The number of hydrogen-bond acceptors (Lipinski definition) is 6. The number of likely N-dealkylation sites (tertiary alicyclic amines) is 1. The average Bonchev–Trinajstić information content (AvgIpc) is 3.21. The van der Waals surface area contributed by atoms with Crippen molar-refractivity contribution in [3.63, 3.8) is 0 Å². The Hall–Kier alpha value is -1.80. The molecule has 24 heavy (non-hydrogen) atoms. The maximum atomic E-state index is 11.0. The van der Waals surface area contributed by atoms with Crippen LogP contribution in [0, 0.1) is 0 Å². The number of piperidine rings is 1. The van der Waals surface area contributed by atoms with Crippen LogP contribution in [0.2, 0.25) is 0 Å². The molecule has 3 heterocycles. The molecule has 0 aromatic carbocycles. The van der Waals surface area contributed by atoms with Crippen LogP contribution in [0.15, 0.2) is 6.20 Å². The highest BCUT2D eigenvalue weighted by Gasteiger charge is 2.25. The highest BCUT2D eigenvalue weighted by atomic mass is 32.1. The number of hydrogen-bond donors (Lipinski definition) is 1. The first kappa shape index (κ1) is 15.7. The quantitative estimate of drug-likeness (QED) is 0.912. The lowest BCUT2D eigenvalue weighted by Gasteiger charge is -2.31. The molecule has 128 valence electrons. The molecule has 1 aliphatic carbocycles. The molecule has 7 nitrogen and oxygen atoms in total. The largest absolute Gasteiger partial charge is 0.476 e. The molecule has 1 atom stereocenters. The first-order valence-electron chi connectivity index (χ1n) is 8.54. The number of aryl methyl sites for hydroxylation is 2. The zero-order valence-electron chi connectivity index (χ0n) is 13.5. The van der Waals surface area contributed by atoms with Crippen molar-refractivity contribution >= 4 is 17.3 Å². The van der Waals surface area contributed by atoms with Crippen molar-refractivity contribution in [1.82, 2.24) is 24.9 Å². The molecular weight excluding hydrogens is 326 g/mol. The van der Waals surface area contributed by atoms with E-state index < -0.39 is 5.97 Å². The lowest BCUT2D eigenvalue weighted by molar-refractivity contribution is 0.0690. The Morgan fingerprint density at radius 2 is 2.21 bits per heavy atom. The predicted octanol–water partition coefficient (Wildman–Crippen LogP) is 2.15. The van der Waals surface area contributed by atoms with Crippen LogP contribution in [0.25, 0.3) is 0 Å². The van der Waals surface area contributed by atoms with Crippen molar-refractivity contribution in [2.45, 2.75) is 51.1 Å². The van der Waals surface area contributed by atoms with Gasteiger partial charge in [-0.15, -0.1) is 16.4 Å². The molecule has 8 heteroatoms. The van der Waals surface area contributed by atoms with Gasteiger partial charge in [-0.25, -0.2) is 14.5 Å². The SMILES string of the molecule is O=C(O)c1cn(C2CCCN(Cc3nc4c(s3)CCCC4)C2)nn1. The van der Waals surface area contributed by atoms with Gasteiger partial charge < -0.3 is 5.11 Å². The van der Waals surface area contributed by atoms with Gasteiger partial charge in [0, 0.05) is 11.4 Å². The smallest absolute Gasteiger partial charge is 0.358 e. The van der Waals surface area contributed by atoms with E-state index in [1.807, 2.05) is 11.3 Å². The third kappa shape index (κ3) is 3.21. The highest BCUT2D eigenvalue weighted by molar-refractivity contribution is 7.11. The Kier molecular flexibility index (Phi) is 4.32. The summed E-state index contributed by atoms with van der Waals surface area (Å²) in [6.07, 6.45) is 8.50. The van der Waals surface area contributed by atoms with Gasteiger partial charge >= 0.3 is 5.97 Å². The van der Waals surface area contributed by atoms with E-state index in [2.05, 4.69) is 15.2 Å². The number of thiazole rings is 1. The summed E-state index contributed by atoms with van der Waals surface area (Å²) in [5, 5.41) is 17.9. The molecule has 0 spiro atoms. The van der Waals surface area contributed by atoms with E-state index in [0.717, 1.165) is 38.9 Å². The number of carboxylic acids is 1. The summed E-state index contributed by atoms with van der Waals surface area (Å²) in [5.41, 5.74) is 1.33. The van der Waals surface area contributed by atoms with Crippen LogP contribution in [-0.2, 0) is 19.4 Å². The fraction of sp³-hybridized carbons (Fsp3) is 0.625. The number of nitrogens with zero attached hydrogens (tertiary/aromatic N) is 5. The zero-order chi connectivity index (χ0) is 16.5. The molecule has 0 saturated carbocycles. The molecule has 1 unspecified atom stereocenters. The fourth-order valence-corrected chi connectivity index (χ4v) is 4.81. The number of aromatic nitrogens is 4. The van der Waals surface area contributed by atoms with E-state index in [0.29, 0.717) is 0 Å². The van der Waals surface area contributed by atoms with Crippen LogP contribution in [0.3, 0.4) is 0 Å². The van der Waals surface area contributed by atoms with Gasteiger partial charge in [0.2, 0.25) is 0 Å². The summed E-state index contributed by atoms with van der Waals surface area (Å²) in [7, 11) is 0. The van der Waals surface area contributed by atoms with Crippen LogP contribution in [0.1, 0.15) is 57.8 Å². The average molecular weight is 347 g/mol. The Morgan fingerprint density at radius 1 is 1.33 bits per heavy atom. The molecule has 1 N–H and O–H groups in total. The van der Waals surface area contributed by atoms with E-state index in [1.165, 1.54) is 34.8 Å². The zero-order valence-corrected chi connectivity index (χ0v) is 14.3. The van der Waals surface area contributed by atoms with Gasteiger partial charge in [-0.3, -0.25) is 4.90 Å². The van der Waals surface area contributed by atoms with Crippen molar-refractivity contribution < 1.29 is 9.90 Å². The summed E-state index contributed by atoms with van der Waals surface area (Å²) in [6.45, 7) is 2.81.